The SMILES string of the molecule is O=c1c(Br)c(NCC2CCCCC2O)cnn1CCO. The van der Waals surface area contributed by atoms with Gasteiger partial charge < -0.3 is 15.5 Å². The number of aliphatic hydroxyl groups is 2. The predicted molar refractivity (Wildman–Crippen MR) is 79.7 cm³/mol. The van der Waals surface area contributed by atoms with E-state index in [1.165, 1.54) is 4.68 Å². The van der Waals surface area contributed by atoms with E-state index in [1.54, 1.807) is 6.20 Å². The lowest BCUT2D eigenvalue weighted by Gasteiger charge is -2.28. The number of anilines is 1. The van der Waals surface area contributed by atoms with Crippen molar-refractivity contribution in [1.29, 1.82) is 0 Å². The molecule has 112 valence electrons. The Balaban J connectivity index is 2.02. The standard InChI is InChI=1S/C13H20BrN3O3/c14-12-10(8-16-17(5-6-18)13(12)20)15-7-9-3-1-2-4-11(9)19/h8-9,11,15,18-19H,1-7H2. The van der Waals surface area contributed by atoms with Gasteiger partial charge in [0.2, 0.25) is 0 Å². The van der Waals surface area contributed by atoms with Gasteiger partial charge in [0, 0.05) is 12.5 Å². The van der Waals surface area contributed by atoms with Gasteiger partial charge in [-0.1, -0.05) is 12.8 Å². The summed E-state index contributed by atoms with van der Waals surface area (Å²) in [6, 6.07) is 0. The Hall–Kier alpha value is -0.920. The fraction of sp³-hybridized carbons (Fsp3) is 0.692. The highest BCUT2D eigenvalue weighted by Crippen LogP contribution is 2.25. The smallest absolute Gasteiger partial charge is 0.283 e. The van der Waals surface area contributed by atoms with Crippen molar-refractivity contribution in [3.05, 3.63) is 21.0 Å². The van der Waals surface area contributed by atoms with Crippen molar-refractivity contribution in [1.82, 2.24) is 9.78 Å². The van der Waals surface area contributed by atoms with Crippen LogP contribution in [0.1, 0.15) is 25.7 Å². The summed E-state index contributed by atoms with van der Waals surface area (Å²) in [5, 5.41) is 26.0. The zero-order valence-electron chi connectivity index (χ0n) is 11.3. The average Bonchev–Trinajstić information content (AvgIpc) is 2.45. The van der Waals surface area contributed by atoms with E-state index in [2.05, 4.69) is 26.3 Å². The Morgan fingerprint density at radius 3 is 2.90 bits per heavy atom. The molecule has 2 atom stereocenters. The molecule has 1 heterocycles. The first-order chi connectivity index (χ1) is 9.63. The third kappa shape index (κ3) is 3.59. The van der Waals surface area contributed by atoms with Crippen LogP contribution < -0.4 is 10.9 Å². The third-order valence-electron chi connectivity index (χ3n) is 3.72. The van der Waals surface area contributed by atoms with Gasteiger partial charge in [0.05, 0.1) is 31.1 Å². The Morgan fingerprint density at radius 2 is 2.20 bits per heavy atom. The van der Waals surface area contributed by atoms with Crippen molar-refractivity contribution in [3.8, 4) is 0 Å². The zero-order valence-corrected chi connectivity index (χ0v) is 12.8. The molecule has 0 saturated heterocycles. The molecular weight excluding hydrogens is 326 g/mol. The van der Waals surface area contributed by atoms with Crippen LogP contribution in [0.2, 0.25) is 0 Å². The maximum atomic E-state index is 11.9. The van der Waals surface area contributed by atoms with E-state index in [9.17, 15) is 9.90 Å². The number of hydrogen-bond acceptors (Lipinski definition) is 5. The van der Waals surface area contributed by atoms with Crippen LogP contribution >= 0.6 is 15.9 Å². The summed E-state index contributed by atoms with van der Waals surface area (Å²) in [6.45, 7) is 0.685. The van der Waals surface area contributed by atoms with Crippen LogP contribution in [-0.2, 0) is 6.54 Å². The van der Waals surface area contributed by atoms with Crippen LogP contribution in [0.25, 0.3) is 0 Å². The molecule has 7 heteroatoms. The first kappa shape index (κ1) is 15.5. The van der Waals surface area contributed by atoms with Crippen LogP contribution in [0.15, 0.2) is 15.5 Å². The number of hydrogen-bond donors (Lipinski definition) is 3. The van der Waals surface area contributed by atoms with Crippen LogP contribution in [0, 0.1) is 5.92 Å². The molecule has 0 aliphatic heterocycles. The molecule has 20 heavy (non-hydrogen) atoms. The molecule has 2 unspecified atom stereocenters. The average molecular weight is 346 g/mol. The minimum Gasteiger partial charge on any atom is -0.394 e. The molecule has 1 aromatic heterocycles. The monoisotopic (exact) mass is 345 g/mol. The van der Waals surface area contributed by atoms with E-state index in [0.29, 0.717) is 16.7 Å². The zero-order chi connectivity index (χ0) is 14.5. The summed E-state index contributed by atoms with van der Waals surface area (Å²) in [4.78, 5) is 11.9. The van der Waals surface area contributed by atoms with Gasteiger partial charge in [-0.15, -0.1) is 0 Å². The highest BCUT2D eigenvalue weighted by Gasteiger charge is 2.23. The molecule has 6 nitrogen and oxygen atoms in total. The van der Waals surface area contributed by atoms with Crippen molar-refractivity contribution in [2.45, 2.75) is 38.3 Å². The van der Waals surface area contributed by atoms with Crippen LogP contribution in [0.5, 0.6) is 0 Å². The topological polar surface area (TPSA) is 87.4 Å². The molecule has 2 rings (SSSR count). The minimum atomic E-state index is -0.270. The second-order valence-electron chi connectivity index (χ2n) is 5.12. The summed E-state index contributed by atoms with van der Waals surface area (Å²) in [7, 11) is 0. The van der Waals surface area contributed by atoms with E-state index in [1.807, 2.05) is 0 Å². The molecule has 1 fully saturated rings. The summed E-state index contributed by atoms with van der Waals surface area (Å²) >= 11 is 3.26. The van der Waals surface area contributed by atoms with Crippen LogP contribution in [0.4, 0.5) is 5.69 Å². The normalized spacial score (nSPS) is 22.8. The van der Waals surface area contributed by atoms with E-state index in [-0.39, 0.29) is 30.7 Å². The van der Waals surface area contributed by atoms with Gasteiger partial charge in [-0.05, 0) is 28.8 Å². The van der Waals surface area contributed by atoms with Crippen molar-refractivity contribution in [2.75, 3.05) is 18.5 Å². The highest BCUT2D eigenvalue weighted by molar-refractivity contribution is 9.10. The molecule has 0 amide bonds. The van der Waals surface area contributed by atoms with Gasteiger partial charge >= 0.3 is 0 Å². The van der Waals surface area contributed by atoms with E-state index >= 15 is 0 Å². The lowest BCUT2D eigenvalue weighted by atomic mass is 9.86. The number of nitrogens with one attached hydrogen (secondary N) is 1. The maximum absolute atomic E-state index is 11.9. The minimum absolute atomic E-state index is 0.125. The van der Waals surface area contributed by atoms with Crippen LogP contribution in [-0.4, -0.2) is 39.2 Å². The quantitative estimate of drug-likeness (QED) is 0.739. The number of nitrogens with zero attached hydrogens (tertiary/aromatic N) is 2. The second kappa shape index (κ2) is 7.19. The number of aromatic nitrogens is 2. The van der Waals surface area contributed by atoms with Gasteiger partial charge in [0.1, 0.15) is 4.47 Å². The number of halogens is 1. The molecule has 1 aliphatic carbocycles. The fourth-order valence-corrected chi connectivity index (χ4v) is 2.96. The first-order valence-electron chi connectivity index (χ1n) is 6.92. The third-order valence-corrected chi connectivity index (χ3v) is 4.49. The Morgan fingerprint density at radius 1 is 1.45 bits per heavy atom. The van der Waals surface area contributed by atoms with Crippen LogP contribution in [0.3, 0.4) is 0 Å². The summed E-state index contributed by atoms with van der Waals surface area (Å²) < 4.78 is 1.62. The number of rotatable bonds is 5. The Bertz CT molecular complexity index is 506. The van der Waals surface area contributed by atoms with E-state index < -0.39 is 0 Å². The molecule has 0 bridgehead atoms. The van der Waals surface area contributed by atoms with E-state index in [0.717, 1.165) is 25.7 Å². The second-order valence-corrected chi connectivity index (χ2v) is 5.91. The number of aliphatic hydroxyl groups excluding tert-OH is 2. The Labute approximate surface area is 125 Å². The molecule has 0 radical (unpaired) electrons. The van der Waals surface area contributed by atoms with Crippen molar-refractivity contribution in [2.24, 2.45) is 5.92 Å². The first-order valence-corrected chi connectivity index (χ1v) is 7.71. The van der Waals surface area contributed by atoms with Gasteiger partial charge in [0.25, 0.3) is 5.56 Å². The maximum Gasteiger partial charge on any atom is 0.283 e. The summed E-state index contributed by atoms with van der Waals surface area (Å²) in [5.41, 5.74) is 0.357. The van der Waals surface area contributed by atoms with Gasteiger partial charge in [0.15, 0.2) is 0 Å². The molecule has 3 N–H and O–H groups in total. The van der Waals surface area contributed by atoms with Crippen molar-refractivity contribution in [3.63, 3.8) is 0 Å². The molecule has 1 saturated carbocycles. The summed E-state index contributed by atoms with van der Waals surface area (Å²) in [5.74, 6) is 0.218. The summed E-state index contributed by atoms with van der Waals surface area (Å²) in [6.07, 6.45) is 5.37. The molecular formula is C13H20BrN3O3. The molecule has 0 aromatic carbocycles. The highest BCUT2D eigenvalue weighted by atomic mass is 79.9. The van der Waals surface area contributed by atoms with Crippen molar-refractivity contribution < 1.29 is 10.2 Å². The van der Waals surface area contributed by atoms with Gasteiger partial charge in [-0.25, -0.2) is 4.68 Å². The molecule has 1 aliphatic rings. The van der Waals surface area contributed by atoms with Gasteiger partial charge in [-0.3, -0.25) is 4.79 Å². The predicted octanol–water partition coefficient (Wildman–Crippen LogP) is 0.961. The largest absolute Gasteiger partial charge is 0.394 e. The van der Waals surface area contributed by atoms with E-state index in [4.69, 9.17) is 5.11 Å². The lowest BCUT2D eigenvalue weighted by Crippen LogP contribution is -2.31. The molecule has 1 aromatic rings. The lowest BCUT2D eigenvalue weighted by molar-refractivity contribution is 0.0763. The molecule has 0 spiro atoms. The van der Waals surface area contributed by atoms with Gasteiger partial charge in [-0.2, -0.15) is 5.10 Å². The Kier molecular flexibility index (Phi) is 5.56. The van der Waals surface area contributed by atoms with Crippen molar-refractivity contribution >= 4 is 21.6 Å². The fourth-order valence-electron chi connectivity index (χ4n) is 2.51.